The summed E-state index contributed by atoms with van der Waals surface area (Å²) in [5.74, 6) is -2.09. The Labute approximate surface area is 197 Å². The largest absolute Gasteiger partial charge is 0.452 e. The maximum atomic E-state index is 12.6. The van der Waals surface area contributed by atoms with Gasteiger partial charge in [-0.3, -0.25) is 19.7 Å². The number of nitrogens with one attached hydrogen (secondary N) is 2. The number of benzene rings is 3. The zero-order valence-corrected chi connectivity index (χ0v) is 18.2. The number of carbonyl (C=O) groups excluding carboxylic acids is 3. The van der Waals surface area contributed by atoms with Crippen molar-refractivity contribution in [3.8, 4) is 0 Å². The molecule has 9 nitrogen and oxygen atoms in total. The van der Waals surface area contributed by atoms with Gasteiger partial charge in [-0.05, 0) is 42.5 Å². The van der Waals surface area contributed by atoms with Crippen LogP contribution in [0.2, 0.25) is 10.0 Å². The predicted octanol–water partition coefficient (Wildman–Crippen LogP) is 4.95. The number of carbonyl (C=O) groups is 3. The molecule has 3 aromatic rings. The van der Waals surface area contributed by atoms with Crippen LogP contribution in [-0.4, -0.2) is 29.3 Å². The minimum Gasteiger partial charge on any atom is -0.452 e. The van der Waals surface area contributed by atoms with Gasteiger partial charge in [0.2, 0.25) is 0 Å². The number of hydrogen-bond donors (Lipinski definition) is 2. The number of amides is 2. The maximum absolute atomic E-state index is 12.6. The van der Waals surface area contributed by atoms with E-state index in [0.29, 0.717) is 10.7 Å². The minimum absolute atomic E-state index is 0.00294. The van der Waals surface area contributed by atoms with E-state index in [1.807, 2.05) is 0 Å². The molecule has 33 heavy (non-hydrogen) atoms. The highest BCUT2D eigenvalue weighted by Crippen LogP contribution is 2.24. The van der Waals surface area contributed by atoms with Gasteiger partial charge in [-0.1, -0.05) is 35.3 Å². The Hall–Kier alpha value is -3.95. The SMILES string of the molecule is O=C(COC(=O)c1ccccc1NC(=O)c1ccc([N+](=O)[O-])cc1Cl)Nc1ccc(Cl)cc1. The van der Waals surface area contributed by atoms with Crippen LogP contribution in [0.1, 0.15) is 20.7 Å². The molecule has 11 heteroatoms. The Morgan fingerprint density at radius 1 is 0.909 bits per heavy atom. The van der Waals surface area contributed by atoms with E-state index in [0.717, 1.165) is 12.1 Å². The number of halogens is 2. The highest BCUT2D eigenvalue weighted by molar-refractivity contribution is 6.34. The smallest absolute Gasteiger partial charge is 0.340 e. The van der Waals surface area contributed by atoms with Crippen molar-refractivity contribution in [2.24, 2.45) is 0 Å². The predicted molar refractivity (Wildman–Crippen MR) is 123 cm³/mol. The fourth-order valence-electron chi connectivity index (χ4n) is 2.70. The fraction of sp³-hybridized carbons (Fsp3) is 0.0455. The zero-order chi connectivity index (χ0) is 24.0. The maximum Gasteiger partial charge on any atom is 0.340 e. The molecule has 0 saturated carbocycles. The van der Waals surface area contributed by atoms with E-state index in [2.05, 4.69) is 10.6 Å². The molecule has 0 saturated heterocycles. The summed E-state index contributed by atoms with van der Waals surface area (Å²) in [7, 11) is 0. The molecule has 0 heterocycles. The van der Waals surface area contributed by atoms with Gasteiger partial charge in [-0.15, -0.1) is 0 Å². The van der Waals surface area contributed by atoms with E-state index in [9.17, 15) is 24.5 Å². The number of rotatable bonds is 7. The van der Waals surface area contributed by atoms with Crippen molar-refractivity contribution in [3.05, 3.63) is 98.0 Å². The average Bonchev–Trinajstić information content (AvgIpc) is 2.79. The summed E-state index contributed by atoms with van der Waals surface area (Å²) in [5.41, 5.74) is 0.307. The summed E-state index contributed by atoms with van der Waals surface area (Å²) in [4.78, 5) is 47.3. The fourth-order valence-corrected chi connectivity index (χ4v) is 3.09. The molecule has 0 aliphatic carbocycles. The van der Waals surface area contributed by atoms with Crippen LogP contribution < -0.4 is 10.6 Å². The summed E-state index contributed by atoms with van der Waals surface area (Å²) in [6, 6.07) is 15.8. The van der Waals surface area contributed by atoms with Crippen LogP contribution in [0.3, 0.4) is 0 Å². The van der Waals surface area contributed by atoms with Gasteiger partial charge in [0.25, 0.3) is 17.5 Å². The Bertz CT molecular complexity index is 1230. The van der Waals surface area contributed by atoms with E-state index in [1.54, 1.807) is 36.4 Å². The van der Waals surface area contributed by atoms with Gasteiger partial charge in [-0.25, -0.2) is 4.79 Å². The second kappa shape index (κ2) is 10.6. The number of anilines is 2. The van der Waals surface area contributed by atoms with Crippen LogP contribution in [0.5, 0.6) is 0 Å². The highest BCUT2D eigenvalue weighted by Gasteiger charge is 2.19. The molecule has 0 aromatic heterocycles. The van der Waals surface area contributed by atoms with Crippen LogP contribution in [0, 0.1) is 10.1 Å². The van der Waals surface area contributed by atoms with Crippen molar-refractivity contribution < 1.29 is 24.0 Å². The van der Waals surface area contributed by atoms with Crippen LogP contribution in [0.15, 0.2) is 66.7 Å². The van der Waals surface area contributed by atoms with E-state index < -0.39 is 29.3 Å². The third-order valence-electron chi connectivity index (χ3n) is 4.27. The third-order valence-corrected chi connectivity index (χ3v) is 4.83. The summed E-state index contributed by atoms with van der Waals surface area (Å²) in [5, 5.41) is 16.3. The molecule has 0 spiro atoms. The van der Waals surface area contributed by atoms with Crippen LogP contribution in [0.25, 0.3) is 0 Å². The van der Waals surface area contributed by atoms with Gasteiger partial charge in [-0.2, -0.15) is 0 Å². The van der Waals surface area contributed by atoms with Crippen LogP contribution in [-0.2, 0) is 9.53 Å². The molecule has 2 N–H and O–H groups in total. The van der Waals surface area contributed by atoms with Crippen molar-refractivity contribution in [3.63, 3.8) is 0 Å². The quantitative estimate of drug-likeness (QED) is 0.275. The number of hydrogen-bond acceptors (Lipinski definition) is 6. The van der Waals surface area contributed by atoms with Crippen molar-refractivity contribution in [2.75, 3.05) is 17.2 Å². The molecule has 0 atom stereocenters. The number of nitrogens with zero attached hydrogens (tertiary/aromatic N) is 1. The van der Waals surface area contributed by atoms with Gasteiger partial charge in [0.1, 0.15) is 0 Å². The number of para-hydroxylation sites is 1. The zero-order valence-electron chi connectivity index (χ0n) is 16.7. The first kappa shape index (κ1) is 23.7. The molecular weight excluding hydrogens is 473 g/mol. The van der Waals surface area contributed by atoms with Gasteiger partial charge in [0.05, 0.1) is 26.8 Å². The lowest BCUT2D eigenvalue weighted by Gasteiger charge is -2.12. The van der Waals surface area contributed by atoms with Crippen molar-refractivity contribution in [2.45, 2.75) is 0 Å². The molecule has 2 amide bonds. The first-order chi connectivity index (χ1) is 15.7. The van der Waals surface area contributed by atoms with Gasteiger partial charge >= 0.3 is 5.97 Å². The molecule has 0 aliphatic rings. The third kappa shape index (κ3) is 6.28. The normalized spacial score (nSPS) is 10.2. The van der Waals surface area contributed by atoms with Crippen molar-refractivity contribution >= 4 is 58.0 Å². The number of nitro groups is 1. The lowest BCUT2D eigenvalue weighted by molar-refractivity contribution is -0.384. The minimum atomic E-state index is -0.841. The van der Waals surface area contributed by atoms with Crippen LogP contribution >= 0.6 is 23.2 Å². The van der Waals surface area contributed by atoms with Crippen molar-refractivity contribution in [1.29, 1.82) is 0 Å². The molecule has 0 fully saturated rings. The first-order valence-electron chi connectivity index (χ1n) is 9.31. The molecule has 3 rings (SSSR count). The standard InChI is InChI=1S/C22H15Cl2N3O6/c23-13-5-7-14(8-6-13)25-20(28)12-33-22(30)17-3-1-2-4-19(17)26-21(29)16-10-9-15(27(31)32)11-18(16)24/h1-11H,12H2,(H,25,28)(H,26,29). The van der Waals surface area contributed by atoms with E-state index in [4.69, 9.17) is 27.9 Å². The number of esters is 1. The first-order valence-corrected chi connectivity index (χ1v) is 10.1. The summed E-state index contributed by atoms with van der Waals surface area (Å²) in [6.45, 7) is -0.558. The summed E-state index contributed by atoms with van der Waals surface area (Å²) in [6.07, 6.45) is 0. The summed E-state index contributed by atoms with van der Waals surface area (Å²) >= 11 is 11.8. The molecule has 0 bridgehead atoms. The number of nitro benzene ring substituents is 1. The Morgan fingerprint density at radius 2 is 1.61 bits per heavy atom. The van der Waals surface area contributed by atoms with Gasteiger partial charge in [0, 0.05) is 22.8 Å². The number of ether oxygens (including phenoxy) is 1. The summed E-state index contributed by atoms with van der Waals surface area (Å²) < 4.78 is 5.05. The Balaban J connectivity index is 1.66. The second-order valence-corrected chi connectivity index (χ2v) is 7.40. The average molecular weight is 488 g/mol. The second-order valence-electron chi connectivity index (χ2n) is 6.55. The molecule has 0 aliphatic heterocycles. The van der Waals surface area contributed by atoms with E-state index in [1.165, 1.54) is 18.2 Å². The monoisotopic (exact) mass is 487 g/mol. The molecular formula is C22H15Cl2N3O6. The Morgan fingerprint density at radius 3 is 2.27 bits per heavy atom. The highest BCUT2D eigenvalue weighted by atomic mass is 35.5. The van der Waals surface area contributed by atoms with Crippen LogP contribution in [0.4, 0.5) is 17.1 Å². The molecule has 168 valence electrons. The Kier molecular flexibility index (Phi) is 7.60. The number of non-ortho nitro benzene ring substituents is 1. The van der Waals surface area contributed by atoms with Gasteiger partial charge in [0.15, 0.2) is 6.61 Å². The van der Waals surface area contributed by atoms with E-state index in [-0.39, 0.29) is 27.5 Å². The topological polar surface area (TPSA) is 128 Å². The molecule has 3 aromatic carbocycles. The lowest BCUT2D eigenvalue weighted by atomic mass is 10.1. The molecule has 0 unspecified atom stereocenters. The molecule has 0 radical (unpaired) electrons. The lowest BCUT2D eigenvalue weighted by Crippen LogP contribution is -2.22. The van der Waals surface area contributed by atoms with Gasteiger partial charge < -0.3 is 15.4 Å². The van der Waals surface area contributed by atoms with E-state index >= 15 is 0 Å². The van der Waals surface area contributed by atoms with Crippen molar-refractivity contribution in [1.82, 2.24) is 0 Å².